The summed E-state index contributed by atoms with van der Waals surface area (Å²) in [6.45, 7) is 4.79. The minimum absolute atomic E-state index is 0.0518. The number of likely N-dealkylation sites (tertiary alicyclic amines) is 1. The number of nitrogens with two attached hydrogens (primary N) is 1. The summed E-state index contributed by atoms with van der Waals surface area (Å²) in [4.78, 5) is 63.2. The Labute approximate surface area is 197 Å². The lowest BCUT2D eigenvalue weighted by Gasteiger charge is -2.28. The van der Waals surface area contributed by atoms with Gasteiger partial charge in [-0.25, -0.2) is 0 Å². The van der Waals surface area contributed by atoms with Crippen molar-refractivity contribution >= 4 is 35.6 Å². The highest BCUT2D eigenvalue weighted by Gasteiger charge is 2.42. The van der Waals surface area contributed by atoms with Crippen LogP contribution in [0.5, 0.6) is 0 Å². The molecule has 0 bridgehead atoms. The summed E-state index contributed by atoms with van der Waals surface area (Å²) >= 11 is 0. The van der Waals surface area contributed by atoms with Crippen molar-refractivity contribution in [2.75, 3.05) is 13.1 Å². The van der Waals surface area contributed by atoms with Crippen molar-refractivity contribution in [3.8, 4) is 0 Å². The quantitative estimate of drug-likeness (QED) is 0.261. The van der Waals surface area contributed by atoms with E-state index in [1.54, 1.807) is 12.1 Å². The van der Waals surface area contributed by atoms with Crippen molar-refractivity contribution in [3.63, 3.8) is 0 Å². The molecule has 5 N–H and O–H groups in total. The molecule has 1 aromatic rings. The molecule has 1 fully saturated rings. The molecule has 186 valence electrons. The molecule has 1 aromatic heterocycles. The van der Waals surface area contributed by atoms with Gasteiger partial charge in [-0.3, -0.25) is 24.0 Å². The molecule has 0 radical (unpaired) electrons. The fourth-order valence-electron chi connectivity index (χ4n) is 3.77. The van der Waals surface area contributed by atoms with E-state index in [-0.39, 0.29) is 12.3 Å². The SMILES string of the molecule is CC(C)C[C@@](N)(C(=O)C=Cc1ccco1)C(=O)NCC(=O)N1CCC[C@H]1C(=O)N[C@@H](C)C(=O)O. The molecule has 11 heteroatoms. The Morgan fingerprint density at radius 2 is 2.00 bits per heavy atom. The molecule has 0 saturated carbocycles. The first-order valence-corrected chi connectivity index (χ1v) is 11.1. The number of carbonyl (C=O) groups excluding carboxylic acids is 4. The van der Waals surface area contributed by atoms with E-state index in [0.29, 0.717) is 25.1 Å². The monoisotopic (exact) mass is 476 g/mol. The van der Waals surface area contributed by atoms with Crippen molar-refractivity contribution in [1.82, 2.24) is 15.5 Å². The summed E-state index contributed by atoms with van der Waals surface area (Å²) in [6.07, 6.45) is 5.02. The van der Waals surface area contributed by atoms with Crippen molar-refractivity contribution in [3.05, 3.63) is 30.2 Å². The van der Waals surface area contributed by atoms with E-state index >= 15 is 0 Å². The van der Waals surface area contributed by atoms with E-state index in [9.17, 15) is 24.0 Å². The van der Waals surface area contributed by atoms with Gasteiger partial charge < -0.3 is 30.8 Å². The van der Waals surface area contributed by atoms with Crippen LogP contribution in [-0.4, -0.2) is 70.2 Å². The van der Waals surface area contributed by atoms with Gasteiger partial charge in [-0.15, -0.1) is 0 Å². The average molecular weight is 477 g/mol. The molecule has 3 amide bonds. The van der Waals surface area contributed by atoms with Crippen LogP contribution in [-0.2, 0) is 24.0 Å². The number of carboxylic acid groups (broad SMARTS) is 1. The summed E-state index contributed by atoms with van der Waals surface area (Å²) in [5.41, 5.74) is 4.34. The second-order valence-corrected chi connectivity index (χ2v) is 8.78. The fraction of sp³-hybridized carbons (Fsp3) is 0.522. The Morgan fingerprint density at radius 3 is 2.59 bits per heavy atom. The Bertz CT molecular complexity index is 941. The van der Waals surface area contributed by atoms with Crippen LogP contribution >= 0.6 is 0 Å². The van der Waals surface area contributed by atoms with Gasteiger partial charge in [-0.05, 0) is 56.4 Å². The van der Waals surface area contributed by atoms with Crippen LogP contribution < -0.4 is 16.4 Å². The molecule has 0 spiro atoms. The van der Waals surface area contributed by atoms with Gasteiger partial charge in [0.25, 0.3) is 0 Å². The number of furan rings is 1. The number of nitrogens with one attached hydrogen (secondary N) is 2. The summed E-state index contributed by atoms with van der Waals surface area (Å²) in [5, 5.41) is 13.8. The Kier molecular flexibility index (Phi) is 9.13. The fourth-order valence-corrected chi connectivity index (χ4v) is 3.77. The third kappa shape index (κ3) is 6.77. The summed E-state index contributed by atoms with van der Waals surface area (Å²) in [7, 11) is 0. The maximum atomic E-state index is 12.9. The Hall–Kier alpha value is -3.47. The topological polar surface area (TPSA) is 172 Å². The van der Waals surface area contributed by atoms with E-state index in [1.807, 2.05) is 13.8 Å². The number of aliphatic carboxylic acids is 1. The number of amides is 3. The molecule has 11 nitrogen and oxygen atoms in total. The van der Waals surface area contributed by atoms with Crippen LogP contribution in [0.25, 0.3) is 6.08 Å². The van der Waals surface area contributed by atoms with Gasteiger partial charge in [0.1, 0.15) is 17.8 Å². The number of nitrogens with zero attached hydrogens (tertiary/aromatic N) is 1. The first-order valence-electron chi connectivity index (χ1n) is 11.1. The molecular weight excluding hydrogens is 444 g/mol. The summed E-state index contributed by atoms with van der Waals surface area (Å²) in [5.74, 6) is -3.39. The number of rotatable bonds is 11. The van der Waals surface area contributed by atoms with Crippen LogP contribution in [0.3, 0.4) is 0 Å². The van der Waals surface area contributed by atoms with E-state index < -0.39 is 53.6 Å². The second-order valence-electron chi connectivity index (χ2n) is 8.78. The predicted octanol–water partition coefficient (Wildman–Crippen LogP) is 0.302. The largest absolute Gasteiger partial charge is 0.480 e. The lowest BCUT2D eigenvalue weighted by atomic mass is 9.84. The highest BCUT2D eigenvalue weighted by molar-refractivity contribution is 6.16. The first kappa shape index (κ1) is 26.8. The number of ketones is 1. The number of carboxylic acids is 1. The van der Waals surface area contributed by atoms with Gasteiger partial charge in [0.05, 0.1) is 12.8 Å². The first-order chi connectivity index (χ1) is 16.0. The predicted molar refractivity (Wildman–Crippen MR) is 122 cm³/mol. The summed E-state index contributed by atoms with van der Waals surface area (Å²) in [6, 6.07) is 1.37. The third-order valence-corrected chi connectivity index (χ3v) is 5.52. The lowest BCUT2D eigenvalue weighted by molar-refractivity contribution is -0.144. The van der Waals surface area contributed by atoms with Crippen molar-refractivity contribution < 1.29 is 33.5 Å². The molecule has 1 aliphatic rings. The van der Waals surface area contributed by atoms with Crippen molar-refractivity contribution in [1.29, 1.82) is 0 Å². The standard InChI is InChI=1S/C23H32N4O7/c1-14(2)12-23(24,18(28)9-8-16-6-5-11-34-16)22(33)25-13-19(29)27-10-4-7-17(27)20(30)26-15(3)21(31)32/h5-6,8-9,11,14-15,17H,4,7,10,12-13,24H2,1-3H3,(H,25,33)(H,26,30)(H,31,32)/t15-,17-,23+/m0/s1. The third-order valence-electron chi connectivity index (χ3n) is 5.52. The van der Waals surface area contributed by atoms with Crippen molar-refractivity contribution in [2.24, 2.45) is 11.7 Å². The van der Waals surface area contributed by atoms with Gasteiger partial charge >= 0.3 is 5.97 Å². The molecule has 2 rings (SSSR count). The number of carbonyl (C=O) groups is 5. The second kappa shape index (κ2) is 11.6. The minimum Gasteiger partial charge on any atom is -0.480 e. The van der Waals surface area contributed by atoms with E-state index in [1.165, 1.54) is 30.2 Å². The van der Waals surface area contributed by atoms with Gasteiger partial charge in [0, 0.05) is 6.54 Å². The zero-order valence-corrected chi connectivity index (χ0v) is 19.6. The maximum Gasteiger partial charge on any atom is 0.325 e. The van der Waals surface area contributed by atoms with Gasteiger partial charge in [-0.2, -0.15) is 0 Å². The van der Waals surface area contributed by atoms with E-state index in [4.69, 9.17) is 15.3 Å². The number of hydrogen-bond donors (Lipinski definition) is 4. The zero-order chi connectivity index (χ0) is 25.5. The maximum absolute atomic E-state index is 12.9. The Balaban J connectivity index is 2.04. The smallest absolute Gasteiger partial charge is 0.325 e. The van der Waals surface area contributed by atoms with E-state index in [2.05, 4.69) is 10.6 Å². The highest BCUT2D eigenvalue weighted by Crippen LogP contribution is 2.19. The molecule has 0 aliphatic carbocycles. The summed E-state index contributed by atoms with van der Waals surface area (Å²) < 4.78 is 5.14. The number of hydrogen-bond acceptors (Lipinski definition) is 7. The van der Waals surface area contributed by atoms with Crippen molar-refractivity contribution in [2.45, 2.75) is 57.7 Å². The van der Waals surface area contributed by atoms with Gasteiger partial charge in [-0.1, -0.05) is 13.8 Å². The lowest BCUT2D eigenvalue weighted by Crippen LogP contribution is -2.61. The molecule has 1 aliphatic heterocycles. The van der Waals surface area contributed by atoms with Gasteiger partial charge in [0.15, 0.2) is 11.3 Å². The van der Waals surface area contributed by atoms with Crippen LogP contribution in [0.2, 0.25) is 0 Å². The molecule has 0 aromatic carbocycles. The molecule has 3 atom stereocenters. The average Bonchev–Trinajstić information content (AvgIpc) is 3.46. The Morgan fingerprint density at radius 1 is 1.29 bits per heavy atom. The zero-order valence-electron chi connectivity index (χ0n) is 19.6. The molecular formula is C23H32N4O7. The van der Waals surface area contributed by atoms with Crippen LogP contribution in [0.15, 0.2) is 28.9 Å². The molecule has 34 heavy (non-hydrogen) atoms. The van der Waals surface area contributed by atoms with Crippen LogP contribution in [0, 0.1) is 5.92 Å². The normalized spacial score (nSPS) is 18.5. The van der Waals surface area contributed by atoms with E-state index in [0.717, 1.165) is 0 Å². The molecule has 1 saturated heterocycles. The van der Waals surface area contributed by atoms with Crippen LogP contribution in [0.4, 0.5) is 0 Å². The molecule has 0 unspecified atom stereocenters. The molecule has 2 heterocycles. The minimum atomic E-state index is -1.89. The highest BCUT2D eigenvalue weighted by atomic mass is 16.4. The van der Waals surface area contributed by atoms with Crippen LogP contribution in [0.1, 0.15) is 45.8 Å². The van der Waals surface area contributed by atoms with Gasteiger partial charge in [0.2, 0.25) is 17.7 Å².